The summed E-state index contributed by atoms with van der Waals surface area (Å²) in [6.45, 7) is 0. The zero-order valence-electron chi connectivity index (χ0n) is 9.91. The van der Waals surface area contributed by atoms with Crippen LogP contribution in [0.2, 0.25) is 5.02 Å². The molecule has 2 nitrogen and oxygen atoms in total. The van der Waals surface area contributed by atoms with Gasteiger partial charge in [0.25, 0.3) is 0 Å². The molecule has 0 spiro atoms. The van der Waals surface area contributed by atoms with E-state index in [9.17, 15) is 18.0 Å². The van der Waals surface area contributed by atoms with Crippen LogP contribution < -0.4 is 0 Å². The van der Waals surface area contributed by atoms with Crippen molar-refractivity contribution in [2.24, 2.45) is 0 Å². The summed E-state index contributed by atoms with van der Waals surface area (Å²) in [5.41, 5.74) is -1.07. The number of alkyl halides is 3. The first-order chi connectivity index (χ1) is 9.32. The summed E-state index contributed by atoms with van der Waals surface area (Å²) < 4.78 is 38.2. The fourth-order valence-electron chi connectivity index (χ4n) is 1.86. The fraction of sp³-hybridized carbons (Fsp3) is 0.0714. The highest BCUT2D eigenvalue weighted by Crippen LogP contribution is 2.39. The van der Waals surface area contributed by atoms with E-state index in [1.165, 1.54) is 0 Å². The van der Waals surface area contributed by atoms with E-state index < -0.39 is 28.3 Å². The van der Waals surface area contributed by atoms with Crippen LogP contribution in [-0.4, -0.2) is 11.1 Å². The maximum atomic E-state index is 12.7. The molecule has 0 saturated heterocycles. The lowest BCUT2D eigenvalue weighted by Gasteiger charge is -2.14. The second-order valence-electron chi connectivity index (χ2n) is 4.02. The van der Waals surface area contributed by atoms with E-state index in [4.69, 9.17) is 16.7 Å². The molecule has 0 aliphatic carbocycles. The molecule has 0 amide bonds. The van der Waals surface area contributed by atoms with Crippen molar-refractivity contribution in [3.05, 3.63) is 58.6 Å². The van der Waals surface area contributed by atoms with E-state index in [0.717, 1.165) is 12.1 Å². The summed E-state index contributed by atoms with van der Waals surface area (Å²) in [4.78, 5) is 11.2. The fourth-order valence-corrected chi connectivity index (χ4v) is 2.22. The topological polar surface area (TPSA) is 37.3 Å². The Hall–Kier alpha value is -2.01. The molecule has 1 N–H and O–H groups in total. The Bertz CT molecular complexity index is 651. The number of aromatic carboxylic acids is 1. The monoisotopic (exact) mass is 300 g/mol. The lowest BCUT2D eigenvalue weighted by atomic mass is 9.97. The van der Waals surface area contributed by atoms with Crippen LogP contribution >= 0.6 is 11.6 Å². The average Bonchev–Trinajstić information content (AvgIpc) is 2.37. The molecule has 20 heavy (non-hydrogen) atoms. The van der Waals surface area contributed by atoms with E-state index in [0.29, 0.717) is 5.56 Å². The highest BCUT2D eigenvalue weighted by Gasteiger charge is 2.35. The average molecular weight is 301 g/mol. The van der Waals surface area contributed by atoms with E-state index >= 15 is 0 Å². The van der Waals surface area contributed by atoms with Gasteiger partial charge in [0.2, 0.25) is 0 Å². The quantitative estimate of drug-likeness (QED) is 0.871. The van der Waals surface area contributed by atoms with Crippen LogP contribution in [0.3, 0.4) is 0 Å². The third-order valence-corrected chi connectivity index (χ3v) is 3.14. The highest BCUT2D eigenvalue weighted by molar-refractivity contribution is 6.35. The molecule has 2 rings (SSSR count). The molecule has 0 aliphatic heterocycles. The molecule has 2 aromatic carbocycles. The van der Waals surface area contributed by atoms with Gasteiger partial charge in [-0.1, -0.05) is 48.0 Å². The number of carboxylic acids is 1. The van der Waals surface area contributed by atoms with Gasteiger partial charge in [0, 0.05) is 0 Å². The van der Waals surface area contributed by atoms with Gasteiger partial charge < -0.3 is 5.11 Å². The molecule has 0 heterocycles. The van der Waals surface area contributed by atoms with Crippen LogP contribution in [0.15, 0.2) is 42.5 Å². The van der Waals surface area contributed by atoms with Crippen LogP contribution in [-0.2, 0) is 6.18 Å². The maximum Gasteiger partial charge on any atom is 0.417 e. The van der Waals surface area contributed by atoms with Crippen molar-refractivity contribution in [3.8, 4) is 11.1 Å². The molecule has 0 saturated carbocycles. The number of hydrogen-bond acceptors (Lipinski definition) is 1. The summed E-state index contributed by atoms with van der Waals surface area (Å²) in [5.74, 6) is -1.50. The minimum absolute atomic E-state index is 0.149. The van der Waals surface area contributed by atoms with Crippen LogP contribution in [0, 0.1) is 0 Å². The van der Waals surface area contributed by atoms with Crippen molar-refractivity contribution < 1.29 is 23.1 Å². The van der Waals surface area contributed by atoms with Crippen molar-refractivity contribution in [2.75, 3.05) is 0 Å². The molecule has 2 aromatic rings. The van der Waals surface area contributed by atoms with Crippen LogP contribution in [0.4, 0.5) is 13.2 Å². The van der Waals surface area contributed by atoms with Crippen LogP contribution in [0.1, 0.15) is 15.9 Å². The van der Waals surface area contributed by atoms with E-state index in [1.54, 1.807) is 30.3 Å². The number of hydrogen-bond donors (Lipinski definition) is 1. The zero-order valence-corrected chi connectivity index (χ0v) is 10.7. The number of carbonyl (C=O) groups is 1. The molecule has 0 radical (unpaired) electrons. The van der Waals surface area contributed by atoms with Crippen molar-refractivity contribution in [2.45, 2.75) is 6.18 Å². The van der Waals surface area contributed by atoms with Crippen molar-refractivity contribution in [1.29, 1.82) is 0 Å². The minimum atomic E-state index is -4.70. The maximum absolute atomic E-state index is 12.7. The third kappa shape index (κ3) is 2.63. The second kappa shape index (κ2) is 5.17. The summed E-state index contributed by atoms with van der Waals surface area (Å²) in [6.07, 6.45) is -4.70. The Kier molecular flexibility index (Phi) is 3.72. The molecule has 6 heteroatoms. The first kappa shape index (κ1) is 14.4. The summed E-state index contributed by atoms with van der Waals surface area (Å²) in [6, 6.07) is 10.1. The molecule has 0 unspecified atom stereocenters. The van der Waals surface area contributed by atoms with Gasteiger partial charge in [0.15, 0.2) is 0 Å². The molecule has 0 aromatic heterocycles. The summed E-state index contributed by atoms with van der Waals surface area (Å²) in [5, 5.41) is 8.35. The molecule has 0 atom stereocenters. The largest absolute Gasteiger partial charge is 0.478 e. The van der Waals surface area contributed by atoms with E-state index in [1.807, 2.05) is 0 Å². The Morgan fingerprint density at radius 1 is 1.05 bits per heavy atom. The number of rotatable bonds is 2. The first-order valence-electron chi connectivity index (χ1n) is 5.51. The second-order valence-corrected chi connectivity index (χ2v) is 4.40. The van der Waals surface area contributed by atoms with E-state index in [-0.39, 0.29) is 5.56 Å². The molecule has 0 bridgehead atoms. The van der Waals surface area contributed by atoms with Gasteiger partial charge in [0.1, 0.15) is 0 Å². The Morgan fingerprint density at radius 2 is 1.65 bits per heavy atom. The molecular formula is C14H8ClF3O2. The number of benzene rings is 2. The third-order valence-electron chi connectivity index (χ3n) is 2.75. The van der Waals surface area contributed by atoms with Crippen molar-refractivity contribution in [3.63, 3.8) is 0 Å². The Labute approximate surface area is 117 Å². The van der Waals surface area contributed by atoms with Gasteiger partial charge in [-0.3, -0.25) is 0 Å². The lowest BCUT2D eigenvalue weighted by molar-refractivity contribution is -0.137. The van der Waals surface area contributed by atoms with Crippen LogP contribution in [0.5, 0.6) is 0 Å². The molecular weight excluding hydrogens is 293 g/mol. The van der Waals surface area contributed by atoms with Crippen LogP contribution in [0.25, 0.3) is 11.1 Å². The Balaban J connectivity index is 2.73. The number of carboxylic acid groups (broad SMARTS) is 1. The standard InChI is InChI=1S/C14H8ClF3O2/c15-12-10(14(16,17)18)7-6-9(11(12)13(19)20)8-4-2-1-3-5-8/h1-7H,(H,19,20). The predicted octanol–water partition coefficient (Wildman–Crippen LogP) is 4.72. The van der Waals surface area contributed by atoms with Gasteiger partial charge in [-0.2, -0.15) is 13.2 Å². The normalized spacial score (nSPS) is 11.4. The number of halogens is 4. The predicted molar refractivity (Wildman–Crippen MR) is 68.8 cm³/mol. The summed E-state index contributed by atoms with van der Waals surface area (Å²) in [7, 11) is 0. The van der Waals surface area contributed by atoms with Crippen molar-refractivity contribution in [1.82, 2.24) is 0 Å². The molecule has 104 valence electrons. The zero-order chi connectivity index (χ0) is 14.9. The Morgan fingerprint density at radius 3 is 2.15 bits per heavy atom. The minimum Gasteiger partial charge on any atom is -0.478 e. The van der Waals surface area contributed by atoms with Gasteiger partial charge in [-0.25, -0.2) is 4.79 Å². The lowest BCUT2D eigenvalue weighted by Crippen LogP contribution is -2.10. The SMILES string of the molecule is O=C(O)c1c(-c2ccccc2)ccc(C(F)(F)F)c1Cl. The summed E-state index contributed by atoms with van der Waals surface area (Å²) >= 11 is 5.64. The van der Waals surface area contributed by atoms with Gasteiger partial charge in [-0.05, 0) is 17.2 Å². The molecule has 0 fully saturated rings. The highest BCUT2D eigenvalue weighted by atomic mass is 35.5. The first-order valence-corrected chi connectivity index (χ1v) is 5.88. The van der Waals surface area contributed by atoms with E-state index in [2.05, 4.69) is 0 Å². The smallest absolute Gasteiger partial charge is 0.417 e. The van der Waals surface area contributed by atoms with Gasteiger partial charge in [-0.15, -0.1) is 0 Å². The molecule has 0 aliphatic rings. The van der Waals surface area contributed by atoms with Crippen molar-refractivity contribution >= 4 is 17.6 Å². The van der Waals surface area contributed by atoms with Gasteiger partial charge in [0.05, 0.1) is 16.1 Å². The van der Waals surface area contributed by atoms with Gasteiger partial charge >= 0.3 is 12.1 Å².